The minimum absolute atomic E-state index is 0.00245. The zero-order valence-electron chi connectivity index (χ0n) is 19.5. The Morgan fingerprint density at radius 1 is 1.08 bits per heavy atom. The summed E-state index contributed by atoms with van der Waals surface area (Å²) in [5.74, 6) is 0.560. The highest BCUT2D eigenvalue weighted by Gasteiger charge is 2.42. The normalized spacial score (nSPS) is 17.1. The number of nitrogens with one attached hydrogen (secondary N) is 2. The fraction of sp³-hybridized carbons (Fsp3) is 0.148. The topological polar surface area (TPSA) is 79.6 Å². The summed E-state index contributed by atoms with van der Waals surface area (Å²) >= 11 is 7.35. The number of pyridine rings is 1. The quantitative estimate of drug-likeness (QED) is 0.294. The largest absolute Gasteiger partial charge is 0.452 e. The van der Waals surface area contributed by atoms with Crippen molar-refractivity contribution >= 4 is 46.4 Å². The van der Waals surface area contributed by atoms with Gasteiger partial charge in [-0.1, -0.05) is 36.0 Å². The summed E-state index contributed by atoms with van der Waals surface area (Å²) in [6.07, 6.45) is 1.77. The zero-order chi connectivity index (χ0) is 24.9. The number of rotatable bonds is 8. The molecular formula is C27H24N4O3S2. The van der Waals surface area contributed by atoms with Crippen molar-refractivity contribution in [2.75, 3.05) is 23.9 Å². The van der Waals surface area contributed by atoms with E-state index in [4.69, 9.17) is 21.4 Å². The van der Waals surface area contributed by atoms with Crippen LogP contribution in [-0.2, 0) is 9.53 Å². The van der Waals surface area contributed by atoms with Gasteiger partial charge in [0.25, 0.3) is 0 Å². The number of ether oxygens (including phenoxy) is 1. The molecule has 1 saturated heterocycles. The van der Waals surface area contributed by atoms with Gasteiger partial charge in [-0.2, -0.15) is 0 Å². The van der Waals surface area contributed by atoms with Crippen LogP contribution in [0, 0.1) is 0 Å². The summed E-state index contributed by atoms with van der Waals surface area (Å²) in [4.78, 5) is 19.6. The van der Waals surface area contributed by atoms with Crippen LogP contribution in [0.3, 0.4) is 0 Å². The Labute approximate surface area is 218 Å². The van der Waals surface area contributed by atoms with Crippen LogP contribution in [0.4, 0.5) is 11.4 Å². The lowest BCUT2D eigenvalue weighted by molar-refractivity contribution is -0.119. The summed E-state index contributed by atoms with van der Waals surface area (Å²) in [5.41, 5.74) is 2.41. The van der Waals surface area contributed by atoms with E-state index in [1.54, 1.807) is 18.0 Å². The molecule has 1 aliphatic rings. The van der Waals surface area contributed by atoms with Crippen LogP contribution in [0.15, 0.2) is 106 Å². The Hall–Kier alpha value is -3.66. The summed E-state index contributed by atoms with van der Waals surface area (Å²) in [6, 6.07) is 27.0. The first-order valence-corrected chi connectivity index (χ1v) is 12.6. The molecule has 7 nitrogen and oxygen atoms in total. The van der Waals surface area contributed by atoms with Crippen LogP contribution in [-0.4, -0.2) is 29.7 Å². The van der Waals surface area contributed by atoms with Crippen LogP contribution in [0.1, 0.15) is 23.5 Å². The van der Waals surface area contributed by atoms with E-state index in [2.05, 4.69) is 27.8 Å². The van der Waals surface area contributed by atoms with Crippen molar-refractivity contribution < 1.29 is 13.9 Å². The highest BCUT2D eigenvalue weighted by Crippen LogP contribution is 2.43. The van der Waals surface area contributed by atoms with E-state index in [0.29, 0.717) is 10.8 Å². The third kappa shape index (κ3) is 5.28. The Bertz CT molecular complexity index is 1330. The Morgan fingerprint density at radius 3 is 2.58 bits per heavy atom. The lowest BCUT2D eigenvalue weighted by Gasteiger charge is -2.26. The van der Waals surface area contributed by atoms with Crippen molar-refractivity contribution in [3.8, 4) is 0 Å². The second-order valence-electron chi connectivity index (χ2n) is 8.10. The minimum Gasteiger partial charge on any atom is -0.452 e. The average molecular weight is 517 g/mol. The van der Waals surface area contributed by atoms with E-state index in [9.17, 15) is 4.79 Å². The van der Waals surface area contributed by atoms with Crippen molar-refractivity contribution in [2.24, 2.45) is 0 Å². The van der Waals surface area contributed by atoms with Gasteiger partial charge in [-0.25, -0.2) is 0 Å². The average Bonchev–Trinajstić information content (AvgIpc) is 3.49. The first-order valence-electron chi connectivity index (χ1n) is 11.3. The number of hydrogen-bond donors (Lipinski definition) is 2. The number of methoxy groups -OCH3 is 1. The molecule has 5 rings (SSSR count). The molecule has 1 aliphatic heterocycles. The van der Waals surface area contributed by atoms with Gasteiger partial charge < -0.3 is 24.7 Å². The fourth-order valence-electron chi connectivity index (χ4n) is 4.11. The van der Waals surface area contributed by atoms with Gasteiger partial charge in [0.1, 0.15) is 18.4 Å². The predicted octanol–water partition coefficient (Wildman–Crippen LogP) is 5.59. The molecule has 1 amide bonds. The predicted molar refractivity (Wildman–Crippen MR) is 144 cm³/mol. The lowest BCUT2D eigenvalue weighted by Crippen LogP contribution is -2.29. The lowest BCUT2D eigenvalue weighted by atomic mass is 10.0. The standard InChI is InChI=1S/C27H24N4O3S2/c1-33-17-23(32)29-18-10-12-19(13-11-18)31-26(25(30-27(31)35)21-9-5-6-16-28-21)22-14-15-24(34-22)36-20-7-3-2-4-8-20/h2-16,25-26H,17H2,1H3,(H,29,32)(H,30,35)/t25-,26-/m0/s1. The van der Waals surface area contributed by atoms with Crippen LogP contribution in [0.25, 0.3) is 0 Å². The molecule has 36 heavy (non-hydrogen) atoms. The molecule has 0 spiro atoms. The summed E-state index contributed by atoms with van der Waals surface area (Å²) in [6.45, 7) is -0.00245. The van der Waals surface area contributed by atoms with Gasteiger partial charge >= 0.3 is 0 Å². The van der Waals surface area contributed by atoms with Crippen molar-refractivity contribution in [2.45, 2.75) is 22.1 Å². The van der Waals surface area contributed by atoms with E-state index in [-0.39, 0.29) is 24.6 Å². The third-order valence-corrected chi connectivity index (χ3v) is 6.90. The third-order valence-electron chi connectivity index (χ3n) is 5.66. The number of thiocarbonyl (C=S) groups is 1. The molecule has 0 radical (unpaired) electrons. The molecule has 0 unspecified atom stereocenters. The van der Waals surface area contributed by atoms with Gasteiger partial charge in [-0.3, -0.25) is 9.78 Å². The Balaban J connectivity index is 1.46. The van der Waals surface area contributed by atoms with Crippen LogP contribution < -0.4 is 15.5 Å². The van der Waals surface area contributed by atoms with Gasteiger partial charge in [-0.15, -0.1) is 0 Å². The first-order chi connectivity index (χ1) is 17.6. The summed E-state index contributed by atoms with van der Waals surface area (Å²) in [5, 5.41) is 7.61. The molecule has 0 aliphatic carbocycles. The van der Waals surface area contributed by atoms with E-state index < -0.39 is 0 Å². The molecule has 0 saturated carbocycles. The molecule has 3 heterocycles. The van der Waals surface area contributed by atoms with E-state index >= 15 is 0 Å². The molecule has 182 valence electrons. The van der Waals surface area contributed by atoms with Crippen molar-refractivity contribution in [3.05, 3.63) is 103 Å². The molecule has 2 aromatic carbocycles. The zero-order valence-corrected chi connectivity index (χ0v) is 21.1. The summed E-state index contributed by atoms with van der Waals surface area (Å²) < 4.78 is 11.2. The van der Waals surface area contributed by atoms with Crippen molar-refractivity contribution in [1.82, 2.24) is 10.3 Å². The number of nitrogens with zero attached hydrogens (tertiary/aromatic N) is 2. The molecule has 1 fully saturated rings. The molecule has 9 heteroatoms. The number of benzene rings is 2. The fourth-order valence-corrected chi connectivity index (χ4v) is 5.25. The maximum absolute atomic E-state index is 11.9. The van der Waals surface area contributed by atoms with Gasteiger partial charge in [0, 0.05) is 29.6 Å². The molecular weight excluding hydrogens is 492 g/mol. The highest BCUT2D eigenvalue weighted by molar-refractivity contribution is 7.99. The number of carbonyl (C=O) groups excluding carboxylic acids is 1. The second-order valence-corrected chi connectivity index (χ2v) is 9.56. The maximum atomic E-state index is 11.9. The Kier molecular flexibility index (Phi) is 7.31. The highest BCUT2D eigenvalue weighted by atomic mass is 32.2. The SMILES string of the molecule is COCC(=O)Nc1ccc(N2C(=S)N[C@@H](c3ccccn3)[C@@H]2c2ccc(Sc3ccccc3)o2)cc1. The smallest absolute Gasteiger partial charge is 0.250 e. The van der Waals surface area contributed by atoms with Crippen LogP contribution >= 0.6 is 24.0 Å². The van der Waals surface area contributed by atoms with Crippen LogP contribution in [0.2, 0.25) is 0 Å². The minimum atomic E-state index is -0.258. The maximum Gasteiger partial charge on any atom is 0.250 e. The number of hydrogen-bond acceptors (Lipinski definition) is 6. The second kappa shape index (κ2) is 10.9. The number of aromatic nitrogens is 1. The number of amides is 1. The van der Waals surface area contributed by atoms with Crippen molar-refractivity contribution in [1.29, 1.82) is 0 Å². The number of furan rings is 1. The molecule has 2 N–H and O–H groups in total. The molecule has 2 aromatic heterocycles. The summed E-state index contributed by atoms with van der Waals surface area (Å²) in [7, 11) is 1.49. The van der Waals surface area contributed by atoms with Gasteiger partial charge in [0.15, 0.2) is 10.2 Å². The van der Waals surface area contributed by atoms with E-state index in [1.807, 2.05) is 77.7 Å². The van der Waals surface area contributed by atoms with E-state index in [1.165, 1.54) is 7.11 Å². The van der Waals surface area contributed by atoms with Gasteiger partial charge in [-0.05, 0) is 72.9 Å². The van der Waals surface area contributed by atoms with Gasteiger partial charge in [0.2, 0.25) is 5.91 Å². The monoisotopic (exact) mass is 516 g/mol. The Morgan fingerprint density at radius 2 is 1.86 bits per heavy atom. The van der Waals surface area contributed by atoms with Crippen LogP contribution in [0.5, 0.6) is 0 Å². The molecule has 4 aromatic rings. The van der Waals surface area contributed by atoms with Crippen molar-refractivity contribution in [3.63, 3.8) is 0 Å². The number of carbonyl (C=O) groups is 1. The molecule has 0 bridgehead atoms. The number of anilines is 2. The first kappa shape index (κ1) is 24.1. The molecule has 2 atom stereocenters. The van der Waals surface area contributed by atoms with Gasteiger partial charge in [0.05, 0.1) is 11.7 Å². The van der Waals surface area contributed by atoms with E-state index in [0.717, 1.165) is 27.1 Å².